The zero-order valence-corrected chi connectivity index (χ0v) is 12.9. The van der Waals surface area contributed by atoms with E-state index in [0.717, 1.165) is 30.8 Å². The number of benzene rings is 1. The third kappa shape index (κ3) is 2.81. The fourth-order valence-corrected chi connectivity index (χ4v) is 3.69. The Balaban J connectivity index is 1.85. The summed E-state index contributed by atoms with van der Waals surface area (Å²) in [5.74, 6) is 0. The standard InChI is InChI=1S/C18H25N3/c1-2-21(18(14-19)11-5-6-12-18)13-16-10-9-15-7-3-4-8-17(15)20-16/h3-4,7-10H,2,5-6,11-14,19H2,1H3. The van der Waals surface area contributed by atoms with Crippen LogP contribution in [0.5, 0.6) is 0 Å². The maximum Gasteiger partial charge on any atom is 0.0705 e. The van der Waals surface area contributed by atoms with Gasteiger partial charge in [-0.3, -0.25) is 9.88 Å². The minimum Gasteiger partial charge on any atom is -0.329 e. The first-order valence-electron chi connectivity index (χ1n) is 8.07. The maximum absolute atomic E-state index is 6.13. The van der Waals surface area contributed by atoms with Crippen molar-refractivity contribution in [3.05, 3.63) is 42.1 Å². The van der Waals surface area contributed by atoms with Gasteiger partial charge < -0.3 is 5.73 Å². The van der Waals surface area contributed by atoms with Crippen LogP contribution in [0.1, 0.15) is 38.3 Å². The van der Waals surface area contributed by atoms with E-state index in [4.69, 9.17) is 10.7 Å². The molecule has 1 saturated carbocycles. The minimum atomic E-state index is 0.197. The number of para-hydroxylation sites is 1. The van der Waals surface area contributed by atoms with Crippen molar-refractivity contribution in [3.63, 3.8) is 0 Å². The molecule has 0 aliphatic heterocycles. The number of nitrogens with two attached hydrogens (primary N) is 1. The smallest absolute Gasteiger partial charge is 0.0705 e. The van der Waals surface area contributed by atoms with Crippen LogP contribution in [0.25, 0.3) is 10.9 Å². The molecule has 2 aromatic rings. The van der Waals surface area contributed by atoms with Crippen LogP contribution in [-0.2, 0) is 6.54 Å². The lowest BCUT2D eigenvalue weighted by Gasteiger charge is -2.40. The van der Waals surface area contributed by atoms with Crippen LogP contribution < -0.4 is 5.73 Å². The number of likely N-dealkylation sites (N-methyl/N-ethyl adjacent to an activating group) is 1. The van der Waals surface area contributed by atoms with Crippen molar-refractivity contribution in [2.24, 2.45) is 5.73 Å². The molecule has 21 heavy (non-hydrogen) atoms. The molecule has 1 aliphatic rings. The summed E-state index contributed by atoms with van der Waals surface area (Å²) in [5.41, 5.74) is 8.55. The summed E-state index contributed by atoms with van der Waals surface area (Å²) < 4.78 is 0. The van der Waals surface area contributed by atoms with E-state index in [1.807, 2.05) is 0 Å². The normalized spacial score (nSPS) is 17.7. The first-order chi connectivity index (χ1) is 10.3. The van der Waals surface area contributed by atoms with Gasteiger partial charge in [-0.1, -0.05) is 44.0 Å². The Labute approximate surface area is 127 Å². The van der Waals surface area contributed by atoms with E-state index in [9.17, 15) is 0 Å². The summed E-state index contributed by atoms with van der Waals surface area (Å²) in [6.07, 6.45) is 5.06. The number of pyridine rings is 1. The summed E-state index contributed by atoms with van der Waals surface area (Å²) in [6, 6.07) is 12.6. The zero-order valence-electron chi connectivity index (χ0n) is 12.9. The van der Waals surface area contributed by atoms with E-state index in [2.05, 4.69) is 48.2 Å². The molecule has 0 spiro atoms. The second-order valence-electron chi connectivity index (χ2n) is 6.15. The van der Waals surface area contributed by atoms with E-state index >= 15 is 0 Å². The van der Waals surface area contributed by atoms with Gasteiger partial charge in [-0.15, -0.1) is 0 Å². The largest absolute Gasteiger partial charge is 0.329 e. The zero-order chi connectivity index (χ0) is 14.7. The van der Waals surface area contributed by atoms with E-state index < -0.39 is 0 Å². The summed E-state index contributed by atoms with van der Waals surface area (Å²) in [5, 5.41) is 1.21. The van der Waals surface area contributed by atoms with Gasteiger partial charge in [-0.05, 0) is 31.5 Å². The molecular weight excluding hydrogens is 258 g/mol. The molecule has 3 heteroatoms. The topological polar surface area (TPSA) is 42.2 Å². The van der Waals surface area contributed by atoms with Crippen molar-refractivity contribution >= 4 is 10.9 Å². The predicted molar refractivity (Wildman–Crippen MR) is 88.1 cm³/mol. The van der Waals surface area contributed by atoms with Crippen LogP contribution in [0.2, 0.25) is 0 Å². The Morgan fingerprint density at radius 1 is 1.14 bits per heavy atom. The van der Waals surface area contributed by atoms with Crippen molar-refractivity contribution in [1.82, 2.24) is 9.88 Å². The molecule has 3 rings (SSSR count). The van der Waals surface area contributed by atoms with Crippen molar-refractivity contribution in [2.45, 2.75) is 44.7 Å². The fourth-order valence-electron chi connectivity index (χ4n) is 3.69. The Hall–Kier alpha value is -1.45. The van der Waals surface area contributed by atoms with Gasteiger partial charge in [0.25, 0.3) is 0 Å². The number of rotatable bonds is 5. The highest BCUT2D eigenvalue weighted by molar-refractivity contribution is 5.78. The predicted octanol–water partition coefficient (Wildman–Crippen LogP) is 3.33. The quantitative estimate of drug-likeness (QED) is 0.915. The highest BCUT2D eigenvalue weighted by Crippen LogP contribution is 2.35. The molecule has 2 N–H and O–H groups in total. The molecule has 0 atom stereocenters. The van der Waals surface area contributed by atoms with Crippen LogP contribution in [0, 0.1) is 0 Å². The van der Waals surface area contributed by atoms with Crippen LogP contribution in [-0.4, -0.2) is 28.5 Å². The molecule has 0 saturated heterocycles. The molecular formula is C18H25N3. The maximum atomic E-state index is 6.13. The lowest BCUT2D eigenvalue weighted by molar-refractivity contribution is 0.0957. The van der Waals surface area contributed by atoms with Crippen LogP contribution >= 0.6 is 0 Å². The van der Waals surface area contributed by atoms with Gasteiger partial charge in [0.05, 0.1) is 11.2 Å². The summed E-state index contributed by atoms with van der Waals surface area (Å²) in [6.45, 7) is 4.93. The van der Waals surface area contributed by atoms with E-state index in [1.54, 1.807) is 0 Å². The number of nitrogens with zero attached hydrogens (tertiary/aromatic N) is 2. The number of fused-ring (bicyclic) bond motifs is 1. The molecule has 0 amide bonds. The first-order valence-corrected chi connectivity index (χ1v) is 8.07. The number of aromatic nitrogens is 1. The molecule has 1 fully saturated rings. The average molecular weight is 283 g/mol. The highest BCUT2D eigenvalue weighted by atomic mass is 15.2. The van der Waals surface area contributed by atoms with Crippen LogP contribution in [0.3, 0.4) is 0 Å². The molecule has 0 unspecified atom stereocenters. The van der Waals surface area contributed by atoms with E-state index in [1.165, 1.54) is 31.1 Å². The van der Waals surface area contributed by atoms with Gasteiger partial charge in [-0.2, -0.15) is 0 Å². The third-order valence-electron chi connectivity index (χ3n) is 4.98. The molecule has 1 aliphatic carbocycles. The van der Waals surface area contributed by atoms with Gasteiger partial charge in [-0.25, -0.2) is 0 Å². The second-order valence-corrected chi connectivity index (χ2v) is 6.15. The lowest BCUT2D eigenvalue weighted by Crippen LogP contribution is -2.51. The fraction of sp³-hybridized carbons (Fsp3) is 0.500. The summed E-state index contributed by atoms with van der Waals surface area (Å²) in [7, 11) is 0. The van der Waals surface area contributed by atoms with Crippen molar-refractivity contribution in [2.75, 3.05) is 13.1 Å². The van der Waals surface area contributed by atoms with Crippen molar-refractivity contribution in [3.8, 4) is 0 Å². The Kier molecular flexibility index (Phi) is 4.22. The monoisotopic (exact) mass is 283 g/mol. The van der Waals surface area contributed by atoms with Gasteiger partial charge in [0, 0.05) is 24.0 Å². The SMILES string of the molecule is CCN(Cc1ccc2ccccc2n1)C1(CN)CCCC1. The number of hydrogen-bond acceptors (Lipinski definition) is 3. The molecule has 0 radical (unpaired) electrons. The molecule has 1 heterocycles. The van der Waals surface area contributed by atoms with Crippen LogP contribution in [0.15, 0.2) is 36.4 Å². The molecule has 3 nitrogen and oxygen atoms in total. The lowest BCUT2D eigenvalue weighted by atomic mass is 9.94. The molecule has 1 aromatic carbocycles. The first kappa shape index (κ1) is 14.5. The number of hydrogen-bond donors (Lipinski definition) is 1. The van der Waals surface area contributed by atoms with Crippen molar-refractivity contribution in [1.29, 1.82) is 0 Å². The average Bonchev–Trinajstić information content (AvgIpc) is 3.02. The Bertz CT molecular complexity index is 602. The molecule has 112 valence electrons. The highest BCUT2D eigenvalue weighted by Gasteiger charge is 2.37. The van der Waals surface area contributed by atoms with Crippen molar-refractivity contribution < 1.29 is 0 Å². The minimum absolute atomic E-state index is 0.197. The molecule has 1 aromatic heterocycles. The summed E-state index contributed by atoms with van der Waals surface area (Å²) >= 11 is 0. The molecule has 0 bridgehead atoms. The summed E-state index contributed by atoms with van der Waals surface area (Å²) in [4.78, 5) is 7.36. The van der Waals surface area contributed by atoms with Gasteiger partial charge in [0.1, 0.15) is 0 Å². The van der Waals surface area contributed by atoms with E-state index in [0.29, 0.717) is 0 Å². The van der Waals surface area contributed by atoms with Gasteiger partial charge in [0.2, 0.25) is 0 Å². The van der Waals surface area contributed by atoms with E-state index in [-0.39, 0.29) is 5.54 Å². The Morgan fingerprint density at radius 2 is 1.90 bits per heavy atom. The van der Waals surface area contributed by atoms with Gasteiger partial charge >= 0.3 is 0 Å². The van der Waals surface area contributed by atoms with Gasteiger partial charge in [0.15, 0.2) is 0 Å². The third-order valence-corrected chi connectivity index (χ3v) is 4.98. The van der Waals surface area contributed by atoms with Crippen LogP contribution in [0.4, 0.5) is 0 Å². The second kappa shape index (κ2) is 6.12. The Morgan fingerprint density at radius 3 is 2.62 bits per heavy atom.